The van der Waals surface area contributed by atoms with E-state index < -0.39 is 17.1 Å². The summed E-state index contributed by atoms with van der Waals surface area (Å²) >= 11 is 0. The Bertz CT molecular complexity index is 934. The molecular formula is C18H23N3O8. The number of carbonyl (C=O) groups is 1. The highest BCUT2D eigenvalue weighted by atomic mass is 16.6. The first kappa shape index (κ1) is 18.8. The molecule has 3 saturated heterocycles. The summed E-state index contributed by atoms with van der Waals surface area (Å²) in [7, 11) is 0. The van der Waals surface area contributed by atoms with Crippen molar-refractivity contribution in [2.45, 2.75) is 63.3 Å². The third kappa shape index (κ3) is 3.94. The number of epoxide rings is 3. The Morgan fingerprint density at radius 1 is 0.897 bits per heavy atom. The van der Waals surface area contributed by atoms with E-state index in [0.717, 1.165) is 26.5 Å². The molecule has 1 aromatic rings. The Morgan fingerprint density at radius 3 is 2.03 bits per heavy atom. The summed E-state index contributed by atoms with van der Waals surface area (Å²) < 4.78 is 23.9. The number of esters is 1. The largest absolute Gasteiger partial charge is 0.464 e. The maximum Gasteiger partial charge on any atom is 0.336 e. The first-order chi connectivity index (χ1) is 14.0. The molecule has 4 heterocycles. The van der Waals surface area contributed by atoms with Crippen molar-refractivity contribution < 1.29 is 23.7 Å². The van der Waals surface area contributed by atoms with Gasteiger partial charge in [0.15, 0.2) is 0 Å². The van der Waals surface area contributed by atoms with Gasteiger partial charge in [0.1, 0.15) is 6.61 Å². The van der Waals surface area contributed by atoms with Crippen molar-refractivity contribution in [3.05, 3.63) is 31.5 Å². The summed E-state index contributed by atoms with van der Waals surface area (Å²) in [6.45, 7) is 0.901. The molecule has 158 valence electrons. The van der Waals surface area contributed by atoms with Crippen LogP contribution in [0.2, 0.25) is 0 Å². The van der Waals surface area contributed by atoms with Gasteiger partial charge in [0.25, 0.3) is 0 Å². The van der Waals surface area contributed by atoms with E-state index in [1.54, 1.807) is 0 Å². The van der Waals surface area contributed by atoms with E-state index in [1.165, 1.54) is 0 Å². The van der Waals surface area contributed by atoms with Crippen LogP contribution in [-0.2, 0) is 43.4 Å². The molecule has 0 spiro atoms. The van der Waals surface area contributed by atoms with Crippen molar-refractivity contribution in [2.75, 3.05) is 19.8 Å². The third-order valence-electron chi connectivity index (χ3n) is 5.86. The monoisotopic (exact) mass is 409 g/mol. The number of rotatable bonds is 8. The van der Waals surface area contributed by atoms with Crippen LogP contribution >= 0.6 is 0 Å². The predicted molar refractivity (Wildman–Crippen MR) is 95.7 cm³/mol. The Hall–Kier alpha value is -2.24. The molecular weight excluding hydrogens is 386 g/mol. The molecule has 0 aromatic carbocycles. The minimum Gasteiger partial charge on any atom is -0.464 e. The molecule has 0 N–H and O–H groups in total. The quantitative estimate of drug-likeness (QED) is 0.359. The molecule has 4 fully saturated rings. The molecule has 5 atom stereocenters. The zero-order valence-electron chi connectivity index (χ0n) is 15.9. The zero-order chi connectivity index (χ0) is 20.1. The second-order valence-corrected chi connectivity index (χ2v) is 8.02. The van der Waals surface area contributed by atoms with Gasteiger partial charge in [-0.25, -0.2) is 28.1 Å². The fraction of sp³-hybridized carbons (Fsp3) is 0.778. The summed E-state index contributed by atoms with van der Waals surface area (Å²) in [5.74, 6) is -0.543. The van der Waals surface area contributed by atoms with Crippen LogP contribution in [0, 0.1) is 5.92 Å². The van der Waals surface area contributed by atoms with Crippen molar-refractivity contribution in [1.82, 2.24) is 13.7 Å². The minimum atomic E-state index is -0.716. The number of hydrogen-bond acceptors (Lipinski definition) is 8. The SMILES string of the molecule is O=C(OCCn1c(=O)n(CC2CO2)c(=O)n(CC2CO2)c1=O)C1CCC2OC2C1. The van der Waals surface area contributed by atoms with Crippen LogP contribution in [0.4, 0.5) is 0 Å². The Balaban J connectivity index is 1.31. The van der Waals surface area contributed by atoms with E-state index in [-0.39, 0.29) is 56.4 Å². The van der Waals surface area contributed by atoms with E-state index in [1.807, 2.05) is 0 Å². The molecule has 1 saturated carbocycles. The second kappa shape index (κ2) is 7.22. The third-order valence-corrected chi connectivity index (χ3v) is 5.86. The van der Waals surface area contributed by atoms with Crippen LogP contribution in [0.15, 0.2) is 14.4 Å². The molecule has 4 aliphatic rings. The van der Waals surface area contributed by atoms with Gasteiger partial charge in [0.2, 0.25) is 0 Å². The molecule has 0 radical (unpaired) electrons. The molecule has 3 aliphatic heterocycles. The van der Waals surface area contributed by atoms with Gasteiger partial charge in [-0.3, -0.25) is 4.79 Å². The lowest BCUT2D eigenvalue weighted by molar-refractivity contribution is -0.149. The van der Waals surface area contributed by atoms with Crippen LogP contribution in [-0.4, -0.2) is 63.9 Å². The molecule has 11 nitrogen and oxygen atoms in total. The highest BCUT2D eigenvalue weighted by molar-refractivity contribution is 5.72. The van der Waals surface area contributed by atoms with E-state index >= 15 is 0 Å². The number of nitrogens with zero attached hydrogens (tertiary/aromatic N) is 3. The van der Waals surface area contributed by atoms with E-state index in [4.69, 9.17) is 18.9 Å². The summed E-state index contributed by atoms with van der Waals surface area (Å²) in [5.41, 5.74) is -2.10. The van der Waals surface area contributed by atoms with Crippen molar-refractivity contribution in [1.29, 1.82) is 0 Å². The molecule has 5 rings (SSSR count). The Labute approximate surface area is 164 Å². The van der Waals surface area contributed by atoms with Gasteiger partial charge in [0.05, 0.1) is 63.2 Å². The van der Waals surface area contributed by atoms with Gasteiger partial charge in [-0.1, -0.05) is 0 Å². The lowest BCUT2D eigenvalue weighted by Gasteiger charge is -2.18. The molecule has 29 heavy (non-hydrogen) atoms. The smallest absolute Gasteiger partial charge is 0.336 e. The second-order valence-electron chi connectivity index (χ2n) is 8.02. The van der Waals surface area contributed by atoms with Crippen molar-refractivity contribution >= 4 is 5.97 Å². The average Bonchev–Trinajstić information content (AvgIpc) is 3.56. The number of ether oxygens (including phenoxy) is 4. The Kier molecular flexibility index (Phi) is 4.67. The van der Waals surface area contributed by atoms with Crippen LogP contribution in [0.25, 0.3) is 0 Å². The van der Waals surface area contributed by atoms with Crippen LogP contribution in [0.5, 0.6) is 0 Å². The summed E-state index contributed by atoms with van der Waals surface area (Å²) in [4.78, 5) is 50.3. The first-order valence-corrected chi connectivity index (χ1v) is 10.0. The van der Waals surface area contributed by atoms with Crippen molar-refractivity contribution in [3.63, 3.8) is 0 Å². The van der Waals surface area contributed by atoms with Crippen LogP contribution in [0.3, 0.4) is 0 Å². The Morgan fingerprint density at radius 2 is 1.48 bits per heavy atom. The standard InChI is InChI=1S/C18H23N3O8/c22-15(10-1-2-13-14(5-10)29-13)26-4-3-19-16(23)20(6-11-8-27-11)18(25)21(17(19)24)7-12-9-28-12/h10-14H,1-9H2. The van der Waals surface area contributed by atoms with Gasteiger partial charge in [-0.2, -0.15) is 0 Å². The van der Waals surface area contributed by atoms with Crippen LogP contribution in [0.1, 0.15) is 19.3 Å². The number of hydrogen-bond donors (Lipinski definition) is 0. The first-order valence-electron chi connectivity index (χ1n) is 10.0. The van der Waals surface area contributed by atoms with E-state index in [0.29, 0.717) is 25.7 Å². The zero-order valence-corrected chi connectivity index (χ0v) is 15.9. The summed E-state index contributed by atoms with van der Waals surface area (Å²) in [5, 5.41) is 0. The number of carbonyl (C=O) groups excluding carboxylic acids is 1. The van der Waals surface area contributed by atoms with Crippen LogP contribution < -0.4 is 17.1 Å². The van der Waals surface area contributed by atoms with Gasteiger partial charge >= 0.3 is 23.0 Å². The normalized spacial score (nSPS) is 31.8. The van der Waals surface area contributed by atoms with E-state index in [2.05, 4.69) is 0 Å². The summed E-state index contributed by atoms with van der Waals surface area (Å²) in [6, 6.07) is 0. The fourth-order valence-corrected chi connectivity index (χ4v) is 3.91. The van der Waals surface area contributed by atoms with Gasteiger partial charge in [0, 0.05) is 0 Å². The maximum absolute atomic E-state index is 12.7. The molecule has 0 bridgehead atoms. The molecule has 1 aromatic heterocycles. The topological polar surface area (TPSA) is 130 Å². The lowest BCUT2D eigenvalue weighted by atomic mass is 9.89. The highest BCUT2D eigenvalue weighted by Gasteiger charge is 2.46. The van der Waals surface area contributed by atoms with Gasteiger partial charge in [-0.05, 0) is 19.3 Å². The molecule has 5 unspecified atom stereocenters. The molecule has 1 aliphatic carbocycles. The number of aromatic nitrogens is 3. The van der Waals surface area contributed by atoms with E-state index in [9.17, 15) is 19.2 Å². The average molecular weight is 409 g/mol. The number of fused-ring (bicyclic) bond motifs is 1. The molecule has 11 heteroatoms. The van der Waals surface area contributed by atoms with Crippen molar-refractivity contribution in [3.8, 4) is 0 Å². The van der Waals surface area contributed by atoms with Gasteiger partial charge in [-0.15, -0.1) is 0 Å². The predicted octanol–water partition coefficient (Wildman–Crippen LogP) is -1.92. The molecule has 0 amide bonds. The fourth-order valence-electron chi connectivity index (χ4n) is 3.91. The maximum atomic E-state index is 12.7. The van der Waals surface area contributed by atoms with Crippen molar-refractivity contribution in [2.24, 2.45) is 5.92 Å². The lowest BCUT2D eigenvalue weighted by Crippen LogP contribution is -2.55. The van der Waals surface area contributed by atoms with Gasteiger partial charge < -0.3 is 18.9 Å². The minimum absolute atomic E-state index is 0.0912. The highest BCUT2D eigenvalue weighted by Crippen LogP contribution is 2.39. The summed E-state index contributed by atoms with van der Waals surface area (Å²) in [6.07, 6.45) is 2.29.